The van der Waals surface area contributed by atoms with Crippen molar-refractivity contribution in [2.24, 2.45) is 11.8 Å². The Kier molecular flexibility index (Phi) is 3.92. The van der Waals surface area contributed by atoms with Crippen LogP contribution in [0, 0.1) is 11.8 Å². The highest BCUT2D eigenvalue weighted by molar-refractivity contribution is 4.82. The molecular formula is C9H14F5N. The van der Waals surface area contributed by atoms with Gasteiger partial charge in [-0.2, -0.15) is 13.2 Å². The van der Waals surface area contributed by atoms with Gasteiger partial charge in [0.05, 0.1) is 5.92 Å². The largest absolute Gasteiger partial charge is 0.393 e. The van der Waals surface area contributed by atoms with Crippen LogP contribution in [0.4, 0.5) is 22.0 Å². The first kappa shape index (κ1) is 12.7. The van der Waals surface area contributed by atoms with Gasteiger partial charge < -0.3 is 0 Å². The molecule has 0 amide bonds. The molecule has 1 aliphatic rings. The predicted octanol–water partition coefficient (Wildman–Crippen LogP) is 2.77. The van der Waals surface area contributed by atoms with Gasteiger partial charge in [0.1, 0.15) is 6.67 Å². The van der Waals surface area contributed by atoms with Crippen LogP contribution in [0.25, 0.3) is 0 Å². The van der Waals surface area contributed by atoms with Crippen molar-refractivity contribution in [3.05, 3.63) is 0 Å². The molecule has 1 heterocycles. The van der Waals surface area contributed by atoms with Crippen LogP contribution in [0.1, 0.15) is 13.3 Å². The lowest BCUT2D eigenvalue weighted by Crippen LogP contribution is -2.48. The van der Waals surface area contributed by atoms with Gasteiger partial charge in [-0.1, -0.05) is 6.92 Å². The molecule has 0 aromatic heterocycles. The third kappa shape index (κ3) is 3.29. The molecule has 1 fully saturated rings. The fraction of sp³-hybridized carbons (Fsp3) is 1.00. The average Bonchev–Trinajstić information content (AvgIpc) is 2.14. The summed E-state index contributed by atoms with van der Waals surface area (Å²) in [6.07, 6.45) is -6.22. The fourth-order valence-electron chi connectivity index (χ4n) is 1.96. The van der Waals surface area contributed by atoms with E-state index in [0.717, 1.165) is 4.90 Å². The minimum atomic E-state index is -4.32. The summed E-state index contributed by atoms with van der Waals surface area (Å²) in [6, 6.07) is 0. The van der Waals surface area contributed by atoms with Crippen LogP contribution in [0.15, 0.2) is 0 Å². The number of rotatable bonds is 2. The number of halogens is 5. The zero-order valence-electron chi connectivity index (χ0n) is 8.40. The van der Waals surface area contributed by atoms with Crippen LogP contribution < -0.4 is 0 Å². The summed E-state index contributed by atoms with van der Waals surface area (Å²) >= 11 is 0. The van der Waals surface area contributed by atoms with Crippen molar-refractivity contribution in [1.29, 1.82) is 0 Å². The molecule has 3 unspecified atom stereocenters. The fourth-order valence-corrected chi connectivity index (χ4v) is 1.96. The Balaban J connectivity index is 2.64. The second-order valence-electron chi connectivity index (χ2n) is 4.12. The van der Waals surface area contributed by atoms with Crippen molar-refractivity contribution in [2.45, 2.75) is 25.8 Å². The molecule has 0 N–H and O–H groups in total. The maximum absolute atomic E-state index is 12.9. The number of piperidine rings is 1. The van der Waals surface area contributed by atoms with E-state index >= 15 is 0 Å². The first-order chi connectivity index (χ1) is 6.84. The molecule has 6 heteroatoms. The summed E-state index contributed by atoms with van der Waals surface area (Å²) in [6.45, 7) is 0.129. The van der Waals surface area contributed by atoms with Gasteiger partial charge in [-0.15, -0.1) is 0 Å². The molecule has 15 heavy (non-hydrogen) atoms. The summed E-state index contributed by atoms with van der Waals surface area (Å²) in [7, 11) is 0. The van der Waals surface area contributed by atoms with Crippen LogP contribution in [0.2, 0.25) is 0 Å². The SMILES string of the molecule is CC1CC(C(F)(F)F)CN(C(F)CF)C1. The van der Waals surface area contributed by atoms with Gasteiger partial charge >= 0.3 is 6.18 Å². The minimum Gasteiger partial charge on any atom is -0.271 e. The molecule has 1 rings (SSSR count). The summed E-state index contributed by atoms with van der Waals surface area (Å²) in [5.41, 5.74) is 0. The Morgan fingerprint density at radius 2 is 1.93 bits per heavy atom. The molecule has 1 saturated heterocycles. The van der Waals surface area contributed by atoms with Crippen molar-refractivity contribution < 1.29 is 22.0 Å². The molecule has 0 saturated carbocycles. The molecule has 0 aliphatic carbocycles. The number of likely N-dealkylation sites (tertiary alicyclic amines) is 1. The Bertz CT molecular complexity index is 205. The van der Waals surface area contributed by atoms with E-state index in [9.17, 15) is 22.0 Å². The first-order valence-corrected chi connectivity index (χ1v) is 4.85. The van der Waals surface area contributed by atoms with Gasteiger partial charge in [0.2, 0.25) is 0 Å². The highest BCUT2D eigenvalue weighted by Gasteiger charge is 2.44. The Morgan fingerprint density at radius 1 is 1.33 bits per heavy atom. The van der Waals surface area contributed by atoms with Gasteiger partial charge in [-0.3, -0.25) is 4.90 Å². The summed E-state index contributed by atoms with van der Waals surface area (Å²) < 4.78 is 62.2. The normalized spacial score (nSPS) is 31.6. The second-order valence-corrected chi connectivity index (χ2v) is 4.12. The van der Waals surface area contributed by atoms with Crippen LogP contribution in [0.5, 0.6) is 0 Å². The number of hydrogen-bond donors (Lipinski definition) is 0. The Labute approximate surface area is 85.2 Å². The second kappa shape index (κ2) is 4.63. The molecular weight excluding hydrogens is 217 g/mol. The topological polar surface area (TPSA) is 3.24 Å². The predicted molar refractivity (Wildman–Crippen MR) is 45.8 cm³/mol. The maximum atomic E-state index is 12.9. The molecule has 0 radical (unpaired) electrons. The van der Waals surface area contributed by atoms with E-state index in [2.05, 4.69) is 0 Å². The van der Waals surface area contributed by atoms with Crippen molar-refractivity contribution >= 4 is 0 Å². The highest BCUT2D eigenvalue weighted by Crippen LogP contribution is 2.35. The van der Waals surface area contributed by atoms with Crippen LogP contribution in [-0.4, -0.2) is 37.1 Å². The Hall–Kier alpha value is -0.390. The lowest BCUT2D eigenvalue weighted by molar-refractivity contribution is -0.196. The monoisotopic (exact) mass is 231 g/mol. The van der Waals surface area contributed by atoms with Gasteiger partial charge in [0.15, 0.2) is 6.30 Å². The van der Waals surface area contributed by atoms with E-state index in [0.29, 0.717) is 0 Å². The van der Waals surface area contributed by atoms with E-state index in [-0.39, 0.29) is 18.9 Å². The van der Waals surface area contributed by atoms with Crippen LogP contribution in [0.3, 0.4) is 0 Å². The molecule has 3 atom stereocenters. The molecule has 90 valence electrons. The van der Waals surface area contributed by atoms with Crippen LogP contribution in [-0.2, 0) is 0 Å². The summed E-state index contributed by atoms with van der Waals surface area (Å²) in [5.74, 6) is -1.79. The molecule has 0 aromatic carbocycles. The van der Waals surface area contributed by atoms with E-state index in [1.54, 1.807) is 6.92 Å². The highest BCUT2D eigenvalue weighted by atomic mass is 19.4. The van der Waals surface area contributed by atoms with Gasteiger partial charge in [-0.25, -0.2) is 8.78 Å². The molecule has 1 aliphatic heterocycles. The quantitative estimate of drug-likeness (QED) is 0.521. The molecule has 0 bridgehead atoms. The lowest BCUT2D eigenvalue weighted by atomic mass is 9.90. The standard InChI is InChI=1S/C9H14F5N/c1-6-2-7(9(12,13)14)5-15(4-6)8(11)3-10/h6-8H,2-5H2,1H3. The number of hydrogen-bond acceptors (Lipinski definition) is 1. The van der Waals surface area contributed by atoms with E-state index < -0.39 is 31.6 Å². The molecule has 0 spiro atoms. The molecule has 1 nitrogen and oxygen atoms in total. The molecule has 0 aromatic rings. The third-order valence-corrected chi connectivity index (χ3v) is 2.67. The number of nitrogens with zero attached hydrogens (tertiary/aromatic N) is 1. The summed E-state index contributed by atoms with van der Waals surface area (Å²) in [5, 5.41) is 0. The van der Waals surface area contributed by atoms with E-state index in [4.69, 9.17) is 0 Å². The van der Waals surface area contributed by atoms with Crippen molar-refractivity contribution in [2.75, 3.05) is 19.8 Å². The van der Waals surface area contributed by atoms with Gasteiger partial charge in [0, 0.05) is 13.1 Å². The number of alkyl halides is 5. The average molecular weight is 231 g/mol. The zero-order valence-corrected chi connectivity index (χ0v) is 8.40. The van der Waals surface area contributed by atoms with Crippen molar-refractivity contribution in [3.63, 3.8) is 0 Å². The maximum Gasteiger partial charge on any atom is 0.393 e. The smallest absolute Gasteiger partial charge is 0.271 e. The van der Waals surface area contributed by atoms with Crippen LogP contribution >= 0.6 is 0 Å². The van der Waals surface area contributed by atoms with E-state index in [1.807, 2.05) is 0 Å². The zero-order chi connectivity index (χ0) is 11.6. The van der Waals surface area contributed by atoms with E-state index in [1.165, 1.54) is 0 Å². The van der Waals surface area contributed by atoms with Crippen molar-refractivity contribution in [3.8, 4) is 0 Å². The Morgan fingerprint density at radius 3 is 2.40 bits per heavy atom. The van der Waals surface area contributed by atoms with Gasteiger partial charge in [-0.05, 0) is 12.3 Å². The van der Waals surface area contributed by atoms with Crippen molar-refractivity contribution in [1.82, 2.24) is 4.90 Å². The first-order valence-electron chi connectivity index (χ1n) is 4.85. The lowest BCUT2D eigenvalue weighted by Gasteiger charge is -2.38. The third-order valence-electron chi connectivity index (χ3n) is 2.67. The van der Waals surface area contributed by atoms with Gasteiger partial charge in [0.25, 0.3) is 0 Å². The summed E-state index contributed by atoms with van der Waals surface area (Å²) in [4.78, 5) is 0.937. The minimum absolute atomic E-state index is 0.000986.